The van der Waals surface area contributed by atoms with Crippen LogP contribution in [0.15, 0.2) is 0 Å². The van der Waals surface area contributed by atoms with Crippen molar-refractivity contribution in [2.45, 2.75) is 46.6 Å². The highest BCUT2D eigenvalue weighted by atomic mass is 16.5. The van der Waals surface area contributed by atoms with Crippen LogP contribution in [0.5, 0.6) is 0 Å². The average Bonchev–Trinajstić information content (AvgIpc) is 2.29. The normalized spacial score (nSPS) is 20.3. The molecule has 0 saturated carbocycles. The van der Waals surface area contributed by atoms with E-state index in [1.54, 1.807) is 0 Å². The van der Waals surface area contributed by atoms with E-state index < -0.39 is 0 Å². The van der Waals surface area contributed by atoms with Crippen molar-refractivity contribution in [2.75, 3.05) is 39.4 Å². The summed E-state index contributed by atoms with van der Waals surface area (Å²) in [6, 6.07) is 0.628. The van der Waals surface area contributed by atoms with Gasteiger partial charge in [-0.2, -0.15) is 0 Å². The Hall–Kier alpha value is -0.120. The van der Waals surface area contributed by atoms with Gasteiger partial charge in [-0.3, -0.25) is 0 Å². The molecule has 1 aliphatic heterocycles. The molecule has 0 amide bonds. The maximum atomic E-state index is 5.27. The number of hydrogen-bond donors (Lipinski definition) is 1. The van der Waals surface area contributed by atoms with E-state index in [0.717, 1.165) is 19.8 Å². The number of nitrogens with zero attached hydrogens (tertiary/aromatic N) is 1. The lowest BCUT2D eigenvalue weighted by Gasteiger charge is -2.39. The third-order valence-electron chi connectivity index (χ3n) is 3.78. The summed E-state index contributed by atoms with van der Waals surface area (Å²) in [6.45, 7) is 15.6. The Bertz CT molecular complexity index is 200. The zero-order valence-corrected chi connectivity index (χ0v) is 12.1. The van der Waals surface area contributed by atoms with Gasteiger partial charge in [0.2, 0.25) is 0 Å². The van der Waals surface area contributed by atoms with Crippen molar-refractivity contribution in [3.63, 3.8) is 0 Å². The van der Waals surface area contributed by atoms with Crippen LogP contribution in [0.25, 0.3) is 0 Å². The van der Waals surface area contributed by atoms with Gasteiger partial charge in [0.25, 0.3) is 0 Å². The Morgan fingerprint density at radius 3 is 2.41 bits per heavy atom. The van der Waals surface area contributed by atoms with Crippen LogP contribution in [-0.4, -0.2) is 50.3 Å². The molecule has 0 aromatic rings. The van der Waals surface area contributed by atoms with Crippen LogP contribution >= 0.6 is 0 Å². The van der Waals surface area contributed by atoms with Crippen molar-refractivity contribution in [3.8, 4) is 0 Å². The van der Waals surface area contributed by atoms with Gasteiger partial charge in [0, 0.05) is 18.0 Å². The summed E-state index contributed by atoms with van der Waals surface area (Å²) in [5.74, 6) is 0. The number of nitrogens with one attached hydrogen (secondary N) is 1. The van der Waals surface area contributed by atoms with E-state index in [4.69, 9.17) is 4.74 Å². The van der Waals surface area contributed by atoms with Gasteiger partial charge in [-0.05, 0) is 39.4 Å². The summed E-state index contributed by atoms with van der Waals surface area (Å²) in [5.41, 5.74) is 0.396. The molecular weight excluding hydrogens is 212 g/mol. The van der Waals surface area contributed by atoms with Crippen LogP contribution in [-0.2, 0) is 4.74 Å². The zero-order chi connectivity index (χ0) is 12.7. The Morgan fingerprint density at radius 2 is 1.94 bits per heavy atom. The smallest absolute Gasteiger partial charge is 0.0554 e. The lowest BCUT2D eigenvalue weighted by Crippen LogP contribution is -2.49. The molecule has 1 aliphatic rings. The fourth-order valence-corrected chi connectivity index (χ4v) is 2.24. The molecule has 0 aliphatic carbocycles. The van der Waals surface area contributed by atoms with Crippen molar-refractivity contribution in [3.05, 3.63) is 0 Å². The molecule has 1 heterocycles. The molecule has 1 fully saturated rings. The largest absolute Gasteiger partial charge is 0.380 e. The highest BCUT2D eigenvalue weighted by Crippen LogP contribution is 2.25. The standard InChI is InChI=1S/C14H30N2O/c1-5-16(6-2)9-7-8-13(3)15-10-14(4)11-17-12-14/h13,15H,5-12H2,1-4H3. The van der Waals surface area contributed by atoms with E-state index >= 15 is 0 Å². The Morgan fingerprint density at radius 1 is 1.29 bits per heavy atom. The minimum atomic E-state index is 0.396. The van der Waals surface area contributed by atoms with Crippen molar-refractivity contribution in [2.24, 2.45) is 5.41 Å². The number of rotatable bonds is 9. The first-order valence-corrected chi connectivity index (χ1v) is 7.13. The van der Waals surface area contributed by atoms with E-state index in [1.807, 2.05) is 0 Å². The quantitative estimate of drug-likeness (QED) is 0.670. The first-order chi connectivity index (χ1) is 8.09. The third-order valence-corrected chi connectivity index (χ3v) is 3.78. The maximum Gasteiger partial charge on any atom is 0.0554 e. The summed E-state index contributed by atoms with van der Waals surface area (Å²) in [4.78, 5) is 2.49. The van der Waals surface area contributed by atoms with Crippen molar-refractivity contribution in [1.82, 2.24) is 10.2 Å². The second-order valence-corrected chi connectivity index (χ2v) is 5.75. The molecule has 1 rings (SSSR count). The molecule has 102 valence electrons. The molecule has 0 radical (unpaired) electrons. The minimum absolute atomic E-state index is 0.396. The van der Waals surface area contributed by atoms with Crippen LogP contribution in [0.2, 0.25) is 0 Å². The topological polar surface area (TPSA) is 24.5 Å². The maximum absolute atomic E-state index is 5.27. The lowest BCUT2D eigenvalue weighted by molar-refractivity contribution is -0.0999. The molecule has 0 aromatic heterocycles. The molecular formula is C14H30N2O. The molecule has 1 atom stereocenters. The average molecular weight is 242 g/mol. The van der Waals surface area contributed by atoms with Gasteiger partial charge in [-0.25, -0.2) is 0 Å². The monoisotopic (exact) mass is 242 g/mol. The Balaban J connectivity index is 2.02. The zero-order valence-electron chi connectivity index (χ0n) is 12.1. The van der Waals surface area contributed by atoms with E-state index in [0.29, 0.717) is 11.5 Å². The van der Waals surface area contributed by atoms with Crippen LogP contribution in [0, 0.1) is 5.41 Å². The molecule has 0 bridgehead atoms. The second-order valence-electron chi connectivity index (χ2n) is 5.75. The molecule has 0 aromatic carbocycles. The van der Waals surface area contributed by atoms with E-state index in [9.17, 15) is 0 Å². The molecule has 1 saturated heterocycles. The highest BCUT2D eigenvalue weighted by Gasteiger charge is 2.33. The first-order valence-electron chi connectivity index (χ1n) is 7.13. The highest BCUT2D eigenvalue weighted by molar-refractivity contribution is 4.83. The molecule has 0 spiro atoms. The van der Waals surface area contributed by atoms with Crippen molar-refractivity contribution >= 4 is 0 Å². The Kier molecular flexibility index (Phi) is 6.45. The minimum Gasteiger partial charge on any atom is -0.380 e. The fourth-order valence-electron chi connectivity index (χ4n) is 2.24. The Labute approximate surface area is 107 Å². The van der Waals surface area contributed by atoms with Gasteiger partial charge >= 0.3 is 0 Å². The van der Waals surface area contributed by atoms with Crippen LogP contribution in [0.4, 0.5) is 0 Å². The fraction of sp³-hybridized carbons (Fsp3) is 1.00. The van der Waals surface area contributed by atoms with Crippen molar-refractivity contribution in [1.29, 1.82) is 0 Å². The summed E-state index contributed by atoms with van der Waals surface area (Å²) < 4.78 is 5.27. The van der Waals surface area contributed by atoms with Crippen LogP contribution in [0.3, 0.4) is 0 Å². The van der Waals surface area contributed by atoms with Crippen LogP contribution < -0.4 is 5.32 Å². The summed E-state index contributed by atoms with van der Waals surface area (Å²) >= 11 is 0. The SMILES string of the molecule is CCN(CC)CCCC(C)NCC1(C)COC1. The molecule has 3 heteroatoms. The summed E-state index contributed by atoms with van der Waals surface area (Å²) in [7, 11) is 0. The van der Waals surface area contributed by atoms with E-state index in [1.165, 1.54) is 32.5 Å². The molecule has 1 unspecified atom stereocenters. The van der Waals surface area contributed by atoms with Crippen molar-refractivity contribution < 1.29 is 4.74 Å². The summed E-state index contributed by atoms with van der Waals surface area (Å²) in [5, 5.41) is 3.64. The predicted molar refractivity (Wildman–Crippen MR) is 73.4 cm³/mol. The number of hydrogen-bond acceptors (Lipinski definition) is 3. The van der Waals surface area contributed by atoms with Crippen LogP contribution in [0.1, 0.15) is 40.5 Å². The molecule has 3 nitrogen and oxygen atoms in total. The van der Waals surface area contributed by atoms with Gasteiger partial charge in [-0.1, -0.05) is 20.8 Å². The van der Waals surface area contributed by atoms with E-state index in [-0.39, 0.29) is 0 Å². The summed E-state index contributed by atoms with van der Waals surface area (Å²) in [6.07, 6.45) is 2.57. The number of ether oxygens (including phenoxy) is 1. The second kappa shape index (κ2) is 7.34. The predicted octanol–water partition coefficient (Wildman–Crippen LogP) is 2.12. The van der Waals surface area contributed by atoms with Gasteiger partial charge in [-0.15, -0.1) is 0 Å². The first kappa shape index (κ1) is 14.9. The van der Waals surface area contributed by atoms with Gasteiger partial charge in [0.05, 0.1) is 13.2 Å². The molecule has 17 heavy (non-hydrogen) atoms. The van der Waals surface area contributed by atoms with Gasteiger partial charge in [0.15, 0.2) is 0 Å². The molecule has 1 N–H and O–H groups in total. The lowest BCUT2D eigenvalue weighted by atomic mass is 9.88. The van der Waals surface area contributed by atoms with E-state index in [2.05, 4.69) is 37.9 Å². The van der Waals surface area contributed by atoms with Gasteiger partial charge in [0.1, 0.15) is 0 Å². The third kappa shape index (κ3) is 5.36. The van der Waals surface area contributed by atoms with Gasteiger partial charge < -0.3 is 15.0 Å².